The van der Waals surface area contributed by atoms with Crippen LogP contribution in [0.4, 0.5) is 5.82 Å². The van der Waals surface area contributed by atoms with Gasteiger partial charge in [0.15, 0.2) is 0 Å². The zero-order valence-corrected chi connectivity index (χ0v) is 11.4. The zero-order valence-electron chi connectivity index (χ0n) is 9.79. The van der Waals surface area contributed by atoms with Gasteiger partial charge >= 0.3 is 0 Å². The fraction of sp³-hybridized carbons (Fsp3) is 0.500. The maximum atomic E-state index is 11.4. The van der Waals surface area contributed by atoms with Crippen molar-refractivity contribution in [1.82, 2.24) is 10.3 Å². The number of anilines is 1. The number of halogens is 1. The van der Waals surface area contributed by atoms with Crippen LogP contribution in [0, 0.1) is 6.92 Å². The van der Waals surface area contributed by atoms with Gasteiger partial charge in [0.05, 0.1) is 4.47 Å². The lowest BCUT2D eigenvalue weighted by Gasteiger charge is -2.08. The monoisotopic (exact) mass is 297 g/mol. The molecule has 0 spiro atoms. The van der Waals surface area contributed by atoms with Crippen LogP contribution in [0.2, 0.25) is 0 Å². The Bertz CT molecular complexity index is 418. The first-order valence-electron chi connectivity index (χ1n) is 5.80. The second kappa shape index (κ2) is 5.49. The molecule has 1 fully saturated rings. The third kappa shape index (κ3) is 4.00. The van der Waals surface area contributed by atoms with Crippen LogP contribution in [-0.4, -0.2) is 23.5 Å². The van der Waals surface area contributed by atoms with Gasteiger partial charge in [-0.3, -0.25) is 4.79 Å². The largest absolute Gasteiger partial charge is 0.369 e. The topological polar surface area (TPSA) is 54.0 Å². The number of nitrogens with zero attached hydrogens (tertiary/aromatic N) is 1. The van der Waals surface area contributed by atoms with Gasteiger partial charge in [-0.1, -0.05) is 0 Å². The van der Waals surface area contributed by atoms with Crippen molar-refractivity contribution in [2.45, 2.75) is 32.2 Å². The first kappa shape index (κ1) is 12.4. The highest BCUT2D eigenvalue weighted by atomic mass is 79.9. The average Bonchev–Trinajstić information content (AvgIpc) is 3.05. The lowest BCUT2D eigenvalue weighted by atomic mass is 10.3. The molecule has 4 nitrogen and oxygen atoms in total. The van der Waals surface area contributed by atoms with Gasteiger partial charge in [0.1, 0.15) is 5.82 Å². The number of pyridine rings is 1. The van der Waals surface area contributed by atoms with Gasteiger partial charge in [0.25, 0.3) is 0 Å². The van der Waals surface area contributed by atoms with E-state index in [1.807, 2.05) is 13.0 Å². The molecule has 1 aliphatic rings. The molecular weight excluding hydrogens is 282 g/mol. The molecule has 0 bridgehead atoms. The van der Waals surface area contributed by atoms with E-state index in [0.29, 0.717) is 19.0 Å². The summed E-state index contributed by atoms with van der Waals surface area (Å²) in [6, 6.07) is 2.44. The van der Waals surface area contributed by atoms with Crippen molar-refractivity contribution < 1.29 is 4.79 Å². The lowest BCUT2D eigenvalue weighted by Crippen LogP contribution is -2.27. The van der Waals surface area contributed by atoms with Crippen molar-refractivity contribution in [3.05, 3.63) is 22.3 Å². The predicted molar refractivity (Wildman–Crippen MR) is 70.9 cm³/mol. The summed E-state index contributed by atoms with van der Waals surface area (Å²) in [5, 5.41) is 6.10. The van der Waals surface area contributed by atoms with Crippen LogP contribution in [0.1, 0.15) is 24.8 Å². The fourth-order valence-corrected chi connectivity index (χ4v) is 2.09. The molecule has 1 heterocycles. The molecule has 2 rings (SSSR count). The fourth-order valence-electron chi connectivity index (χ4n) is 1.49. The van der Waals surface area contributed by atoms with Gasteiger partial charge in [-0.25, -0.2) is 4.98 Å². The number of hydrogen-bond acceptors (Lipinski definition) is 3. The maximum absolute atomic E-state index is 11.4. The minimum absolute atomic E-state index is 0.114. The standard InChI is InChI=1S/C12H16BrN3O/c1-8-6-10(13)12(15-7-8)14-5-4-11(17)16-9-2-3-9/h6-7,9H,2-5H2,1H3,(H,14,15)(H,16,17). The summed E-state index contributed by atoms with van der Waals surface area (Å²) in [7, 11) is 0. The van der Waals surface area contributed by atoms with E-state index in [1.54, 1.807) is 6.20 Å². The molecule has 1 saturated carbocycles. The van der Waals surface area contributed by atoms with Crippen molar-refractivity contribution in [3.8, 4) is 0 Å². The van der Waals surface area contributed by atoms with Crippen molar-refractivity contribution in [3.63, 3.8) is 0 Å². The first-order chi connectivity index (χ1) is 8.15. The zero-order chi connectivity index (χ0) is 12.3. The van der Waals surface area contributed by atoms with Crippen LogP contribution in [-0.2, 0) is 4.79 Å². The number of carbonyl (C=O) groups is 1. The Balaban J connectivity index is 1.75. The van der Waals surface area contributed by atoms with E-state index in [1.165, 1.54) is 0 Å². The second-order valence-electron chi connectivity index (χ2n) is 4.36. The molecular formula is C12H16BrN3O. The Labute approximate surface area is 109 Å². The quantitative estimate of drug-likeness (QED) is 0.876. The summed E-state index contributed by atoms with van der Waals surface area (Å²) in [6.07, 6.45) is 4.55. The van der Waals surface area contributed by atoms with E-state index in [0.717, 1.165) is 28.7 Å². The van der Waals surface area contributed by atoms with E-state index < -0.39 is 0 Å². The molecule has 1 amide bonds. The molecule has 1 aromatic heterocycles. The average molecular weight is 298 g/mol. The molecule has 5 heteroatoms. The number of hydrogen-bond donors (Lipinski definition) is 2. The van der Waals surface area contributed by atoms with Gasteiger partial charge in [-0.15, -0.1) is 0 Å². The third-order valence-electron chi connectivity index (χ3n) is 2.56. The molecule has 0 aromatic carbocycles. The Hall–Kier alpha value is -1.10. The van der Waals surface area contributed by atoms with Gasteiger partial charge in [-0.05, 0) is 47.3 Å². The van der Waals surface area contributed by atoms with Crippen LogP contribution >= 0.6 is 15.9 Å². The van der Waals surface area contributed by atoms with Gasteiger partial charge in [-0.2, -0.15) is 0 Å². The van der Waals surface area contributed by atoms with E-state index in [2.05, 4.69) is 31.5 Å². The summed E-state index contributed by atoms with van der Waals surface area (Å²) < 4.78 is 0.931. The summed E-state index contributed by atoms with van der Waals surface area (Å²) in [6.45, 7) is 2.60. The predicted octanol–water partition coefficient (Wildman–Crippen LogP) is 2.23. The SMILES string of the molecule is Cc1cnc(NCCC(=O)NC2CC2)c(Br)c1. The van der Waals surface area contributed by atoms with Crippen LogP contribution in [0.15, 0.2) is 16.7 Å². The molecule has 0 radical (unpaired) electrons. The molecule has 1 aromatic rings. The smallest absolute Gasteiger partial charge is 0.221 e. The first-order valence-corrected chi connectivity index (χ1v) is 6.60. The summed E-state index contributed by atoms with van der Waals surface area (Å²) in [4.78, 5) is 15.7. The summed E-state index contributed by atoms with van der Waals surface area (Å²) in [5.41, 5.74) is 1.11. The van der Waals surface area contributed by atoms with Gasteiger partial charge in [0, 0.05) is 25.2 Å². The Morgan fingerprint density at radius 2 is 2.35 bits per heavy atom. The lowest BCUT2D eigenvalue weighted by molar-refractivity contribution is -0.120. The van der Waals surface area contributed by atoms with Crippen molar-refractivity contribution in [2.75, 3.05) is 11.9 Å². The van der Waals surface area contributed by atoms with E-state index in [4.69, 9.17) is 0 Å². The van der Waals surface area contributed by atoms with Crippen LogP contribution in [0.3, 0.4) is 0 Å². The minimum atomic E-state index is 0.114. The number of aryl methyl sites for hydroxylation is 1. The molecule has 92 valence electrons. The van der Waals surface area contributed by atoms with Gasteiger partial charge < -0.3 is 10.6 Å². The summed E-state index contributed by atoms with van der Waals surface area (Å²) in [5.74, 6) is 0.901. The number of aromatic nitrogens is 1. The Kier molecular flexibility index (Phi) is 3.99. The molecule has 0 unspecified atom stereocenters. The maximum Gasteiger partial charge on any atom is 0.221 e. The third-order valence-corrected chi connectivity index (χ3v) is 3.17. The van der Waals surface area contributed by atoms with Crippen molar-refractivity contribution in [2.24, 2.45) is 0 Å². The number of amides is 1. The Morgan fingerprint density at radius 1 is 1.59 bits per heavy atom. The van der Waals surface area contributed by atoms with E-state index >= 15 is 0 Å². The highest BCUT2D eigenvalue weighted by molar-refractivity contribution is 9.10. The van der Waals surface area contributed by atoms with Crippen LogP contribution in [0.5, 0.6) is 0 Å². The van der Waals surface area contributed by atoms with Crippen LogP contribution in [0.25, 0.3) is 0 Å². The number of rotatable bonds is 5. The molecule has 0 atom stereocenters. The highest BCUT2D eigenvalue weighted by Gasteiger charge is 2.22. The molecule has 17 heavy (non-hydrogen) atoms. The highest BCUT2D eigenvalue weighted by Crippen LogP contribution is 2.20. The van der Waals surface area contributed by atoms with Crippen LogP contribution < -0.4 is 10.6 Å². The molecule has 0 saturated heterocycles. The normalized spacial score (nSPS) is 14.5. The molecule has 2 N–H and O–H groups in total. The van der Waals surface area contributed by atoms with Crippen molar-refractivity contribution in [1.29, 1.82) is 0 Å². The number of carbonyl (C=O) groups excluding carboxylic acids is 1. The Morgan fingerprint density at radius 3 is 3.00 bits per heavy atom. The van der Waals surface area contributed by atoms with E-state index in [9.17, 15) is 4.79 Å². The minimum Gasteiger partial charge on any atom is -0.369 e. The second-order valence-corrected chi connectivity index (χ2v) is 5.22. The molecule has 0 aliphatic heterocycles. The number of nitrogens with one attached hydrogen (secondary N) is 2. The van der Waals surface area contributed by atoms with Crippen molar-refractivity contribution >= 4 is 27.7 Å². The van der Waals surface area contributed by atoms with Gasteiger partial charge in [0.2, 0.25) is 5.91 Å². The van der Waals surface area contributed by atoms with E-state index in [-0.39, 0.29) is 5.91 Å². The summed E-state index contributed by atoms with van der Waals surface area (Å²) >= 11 is 3.44. The molecule has 1 aliphatic carbocycles.